The van der Waals surface area contributed by atoms with E-state index in [1.54, 1.807) is 19.4 Å². The van der Waals surface area contributed by atoms with Gasteiger partial charge in [0.25, 0.3) is 0 Å². The Bertz CT molecular complexity index is 605. The third-order valence-electron chi connectivity index (χ3n) is 3.01. The van der Waals surface area contributed by atoms with E-state index in [0.717, 1.165) is 23.6 Å². The predicted octanol–water partition coefficient (Wildman–Crippen LogP) is 2.59. The molecule has 0 N–H and O–H groups in total. The molecule has 0 fully saturated rings. The SMILES string of the molecule is COc1ccc(C#N)cc1CN(C)Cc1ccccn1. The highest BCUT2D eigenvalue weighted by Gasteiger charge is 2.08. The second-order valence-electron chi connectivity index (χ2n) is 4.63. The summed E-state index contributed by atoms with van der Waals surface area (Å²) in [5.41, 5.74) is 2.67. The number of aromatic nitrogens is 1. The van der Waals surface area contributed by atoms with Gasteiger partial charge in [-0.25, -0.2) is 0 Å². The molecule has 1 aromatic carbocycles. The molecular weight excluding hydrogens is 250 g/mol. The number of benzene rings is 1. The standard InChI is InChI=1S/C16H17N3O/c1-19(12-15-5-3-4-8-18-15)11-14-9-13(10-17)6-7-16(14)20-2/h3-9H,11-12H2,1-2H3. The Kier molecular flexibility index (Phi) is 4.70. The van der Waals surface area contributed by atoms with Gasteiger partial charge in [-0.3, -0.25) is 9.88 Å². The number of methoxy groups -OCH3 is 1. The predicted molar refractivity (Wildman–Crippen MR) is 77.1 cm³/mol. The van der Waals surface area contributed by atoms with Crippen LogP contribution in [0.15, 0.2) is 42.6 Å². The molecule has 4 nitrogen and oxygen atoms in total. The number of nitrogens with zero attached hydrogens (tertiary/aromatic N) is 3. The summed E-state index contributed by atoms with van der Waals surface area (Å²) in [5.74, 6) is 0.803. The maximum atomic E-state index is 8.98. The Balaban J connectivity index is 2.11. The quantitative estimate of drug-likeness (QED) is 0.835. The lowest BCUT2D eigenvalue weighted by atomic mass is 10.1. The van der Waals surface area contributed by atoms with Crippen molar-refractivity contribution in [3.05, 3.63) is 59.4 Å². The summed E-state index contributed by atoms with van der Waals surface area (Å²) in [6, 6.07) is 13.5. The number of nitriles is 1. The van der Waals surface area contributed by atoms with Gasteiger partial charge >= 0.3 is 0 Å². The summed E-state index contributed by atoms with van der Waals surface area (Å²) in [6.45, 7) is 1.45. The molecule has 0 saturated heterocycles. The minimum atomic E-state index is 0.645. The van der Waals surface area contributed by atoms with Crippen molar-refractivity contribution in [2.24, 2.45) is 0 Å². The first-order valence-electron chi connectivity index (χ1n) is 6.38. The Morgan fingerprint density at radius 1 is 1.25 bits per heavy atom. The zero-order chi connectivity index (χ0) is 14.4. The summed E-state index contributed by atoms with van der Waals surface area (Å²) < 4.78 is 5.34. The van der Waals surface area contributed by atoms with Crippen molar-refractivity contribution in [3.8, 4) is 11.8 Å². The highest BCUT2D eigenvalue weighted by atomic mass is 16.5. The van der Waals surface area contributed by atoms with Crippen molar-refractivity contribution < 1.29 is 4.74 Å². The fourth-order valence-corrected chi connectivity index (χ4v) is 2.09. The lowest BCUT2D eigenvalue weighted by Gasteiger charge is -2.18. The molecule has 0 bridgehead atoms. The maximum Gasteiger partial charge on any atom is 0.123 e. The number of rotatable bonds is 5. The number of hydrogen-bond donors (Lipinski definition) is 0. The van der Waals surface area contributed by atoms with Crippen LogP contribution in [0.2, 0.25) is 0 Å². The molecule has 2 aromatic rings. The number of ether oxygens (including phenoxy) is 1. The van der Waals surface area contributed by atoms with Gasteiger partial charge in [0.1, 0.15) is 5.75 Å². The minimum absolute atomic E-state index is 0.645. The van der Waals surface area contributed by atoms with Crippen LogP contribution in [-0.2, 0) is 13.1 Å². The first-order valence-corrected chi connectivity index (χ1v) is 6.38. The third-order valence-corrected chi connectivity index (χ3v) is 3.01. The van der Waals surface area contributed by atoms with Crippen LogP contribution in [0.1, 0.15) is 16.8 Å². The zero-order valence-corrected chi connectivity index (χ0v) is 11.7. The molecule has 0 aliphatic rings. The van der Waals surface area contributed by atoms with Crippen LogP contribution < -0.4 is 4.74 Å². The second-order valence-corrected chi connectivity index (χ2v) is 4.63. The highest BCUT2D eigenvalue weighted by molar-refractivity contribution is 5.42. The lowest BCUT2D eigenvalue weighted by molar-refractivity contribution is 0.306. The molecule has 4 heteroatoms. The van der Waals surface area contributed by atoms with Crippen LogP contribution in [-0.4, -0.2) is 24.0 Å². The molecule has 0 atom stereocenters. The molecular formula is C16H17N3O. The van der Waals surface area contributed by atoms with E-state index in [2.05, 4.69) is 16.0 Å². The Morgan fingerprint density at radius 3 is 2.75 bits per heavy atom. The van der Waals surface area contributed by atoms with E-state index in [4.69, 9.17) is 10.00 Å². The minimum Gasteiger partial charge on any atom is -0.496 e. The summed E-state index contributed by atoms with van der Waals surface area (Å²) in [7, 11) is 3.66. The molecule has 0 unspecified atom stereocenters. The molecule has 0 saturated carbocycles. The number of hydrogen-bond acceptors (Lipinski definition) is 4. The van der Waals surface area contributed by atoms with E-state index >= 15 is 0 Å². The fourth-order valence-electron chi connectivity index (χ4n) is 2.09. The van der Waals surface area contributed by atoms with E-state index in [1.807, 2.05) is 37.4 Å². The van der Waals surface area contributed by atoms with Crippen molar-refractivity contribution in [2.45, 2.75) is 13.1 Å². The lowest BCUT2D eigenvalue weighted by Crippen LogP contribution is -2.18. The second kappa shape index (κ2) is 6.69. The Labute approximate surface area is 119 Å². The van der Waals surface area contributed by atoms with Gasteiger partial charge < -0.3 is 4.74 Å². The Morgan fingerprint density at radius 2 is 2.10 bits per heavy atom. The zero-order valence-electron chi connectivity index (χ0n) is 11.7. The number of pyridine rings is 1. The van der Waals surface area contributed by atoms with Crippen molar-refractivity contribution in [1.29, 1.82) is 5.26 Å². The van der Waals surface area contributed by atoms with Gasteiger partial charge in [0, 0.05) is 24.8 Å². The molecule has 102 valence electrons. The van der Waals surface area contributed by atoms with Gasteiger partial charge in [-0.15, -0.1) is 0 Å². The van der Waals surface area contributed by atoms with Crippen LogP contribution in [0.4, 0.5) is 0 Å². The van der Waals surface area contributed by atoms with Crippen molar-refractivity contribution in [2.75, 3.05) is 14.2 Å². The monoisotopic (exact) mass is 267 g/mol. The summed E-state index contributed by atoms with van der Waals surface area (Å²) in [5, 5.41) is 8.98. The van der Waals surface area contributed by atoms with Gasteiger partial charge in [-0.1, -0.05) is 6.07 Å². The van der Waals surface area contributed by atoms with Gasteiger partial charge in [-0.2, -0.15) is 5.26 Å². The summed E-state index contributed by atoms with van der Waals surface area (Å²) in [6.07, 6.45) is 1.79. The molecule has 0 aliphatic heterocycles. The van der Waals surface area contributed by atoms with Gasteiger partial charge in [0.2, 0.25) is 0 Å². The van der Waals surface area contributed by atoms with Crippen LogP contribution in [0.5, 0.6) is 5.75 Å². The van der Waals surface area contributed by atoms with Gasteiger partial charge in [0.05, 0.1) is 24.4 Å². The molecule has 2 rings (SSSR count). The van der Waals surface area contributed by atoms with Crippen molar-refractivity contribution in [1.82, 2.24) is 9.88 Å². The molecule has 0 radical (unpaired) electrons. The van der Waals surface area contributed by atoms with E-state index in [0.29, 0.717) is 12.1 Å². The van der Waals surface area contributed by atoms with Crippen molar-refractivity contribution in [3.63, 3.8) is 0 Å². The first kappa shape index (κ1) is 14.0. The third kappa shape index (κ3) is 3.56. The molecule has 20 heavy (non-hydrogen) atoms. The van der Waals surface area contributed by atoms with Crippen LogP contribution in [0.3, 0.4) is 0 Å². The Hall–Kier alpha value is -2.38. The van der Waals surface area contributed by atoms with E-state index in [9.17, 15) is 0 Å². The molecule has 0 amide bonds. The van der Waals surface area contributed by atoms with Crippen molar-refractivity contribution >= 4 is 0 Å². The normalized spacial score (nSPS) is 10.3. The van der Waals surface area contributed by atoms with Crippen LogP contribution in [0, 0.1) is 11.3 Å². The average Bonchev–Trinajstić information content (AvgIpc) is 2.48. The molecule has 0 spiro atoms. The smallest absolute Gasteiger partial charge is 0.123 e. The van der Waals surface area contributed by atoms with E-state index < -0.39 is 0 Å². The van der Waals surface area contributed by atoms with E-state index in [-0.39, 0.29) is 0 Å². The average molecular weight is 267 g/mol. The van der Waals surface area contributed by atoms with Crippen LogP contribution in [0.25, 0.3) is 0 Å². The largest absolute Gasteiger partial charge is 0.496 e. The van der Waals surface area contributed by atoms with E-state index in [1.165, 1.54) is 0 Å². The van der Waals surface area contributed by atoms with Gasteiger partial charge in [0.15, 0.2) is 0 Å². The summed E-state index contributed by atoms with van der Waals surface area (Å²) >= 11 is 0. The molecule has 0 aliphatic carbocycles. The maximum absolute atomic E-state index is 8.98. The highest BCUT2D eigenvalue weighted by Crippen LogP contribution is 2.21. The molecule has 1 aromatic heterocycles. The first-order chi connectivity index (χ1) is 9.72. The fraction of sp³-hybridized carbons (Fsp3) is 0.250. The topological polar surface area (TPSA) is 49.1 Å². The van der Waals surface area contributed by atoms with Crippen LogP contribution >= 0.6 is 0 Å². The summed E-state index contributed by atoms with van der Waals surface area (Å²) in [4.78, 5) is 6.45. The molecule has 1 heterocycles. The van der Waals surface area contributed by atoms with Gasteiger partial charge in [-0.05, 0) is 37.4 Å².